The van der Waals surface area contributed by atoms with Crippen molar-refractivity contribution in [2.45, 2.75) is 56.6 Å². The predicted octanol–water partition coefficient (Wildman–Crippen LogP) is 3.01. The molecular weight excluding hydrogens is 308 g/mol. The zero-order chi connectivity index (χ0) is 15.6. The summed E-state index contributed by atoms with van der Waals surface area (Å²) in [5.41, 5.74) is 0.902. The molecule has 0 radical (unpaired) electrons. The van der Waals surface area contributed by atoms with Gasteiger partial charge in [0.1, 0.15) is 0 Å². The van der Waals surface area contributed by atoms with Gasteiger partial charge in [-0.1, -0.05) is 24.6 Å². The molecule has 1 fully saturated rings. The van der Waals surface area contributed by atoms with E-state index in [0.29, 0.717) is 16.5 Å². The molecule has 0 amide bonds. The molecular formula is C15H23ClN2O2S. The first-order valence-corrected chi connectivity index (χ1v) is 9.20. The molecule has 0 spiro atoms. The van der Waals surface area contributed by atoms with Crippen LogP contribution in [0.1, 0.15) is 38.7 Å². The fraction of sp³-hybridized carbons (Fsp3) is 0.600. The fourth-order valence-electron chi connectivity index (χ4n) is 3.01. The van der Waals surface area contributed by atoms with Gasteiger partial charge in [0.05, 0.1) is 4.90 Å². The molecule has 2 unspecified atom stereocenters. The minimum atomic E-state index is -3.47. The second-order valence-electron chi connectivity index (χ2n) is 5.61. The standard InChI is InChI=1S/C15H23ClN2O2S/c1-4-13-7-5-11(2)18(13)21(19,20)14-8-6-12(10-17-3)15(16)9-14/h6,8-9,11,13,17H,4-5,7,10H2,1-3H3. The second kappa shape index (κ2) is 6.65. The van der Waals surface area contributed by atoms with Gasteiger partial charge in [0.2, 0.25) is 10.0 Å². The maximum Gasteiger partial charge on any atom is 0.243 e. The Kier molecular flexibility index (Phi) is 5.30. The third kappa shape index (κ3) is 3.26. The Morgan fingerprint density at radius 1 is 1.38 bits per heavy atom. The van der Waals surface area contributed by atoms with Gasteiger partial charge in [-0.05, 0) is 50.9 Å². The Labute approximate surface area is 132 Å². The maximum atomic E-state index is 12.9. The lowest BCUT2D eigenvalue weighted by molar-refractivity contribution is 0.328. The molecule has 0 aromatic heterocycles. The Bertz CT molecular complexity index is 604. The monoisotopic (exact) mass is 330 g/mol. The Hall–Kier alpha value is -0.620. The number of nitrogens with zero attached hydrogens (tertiary/aromatic N) is 1. The molecule has 0 aliphatic carbocycles. The van der Waals surface area contributed by atoms with E-state index in [-0.39, 0.29) is 12.1 Å². The van der Waals surface area contributed by atoms with Crippen LogP contribution in [0.4, 0.5) is 0 Å². The van der Waals surface area contributed by atoms with E-state index in [1.165, 1.54) is 0 Å². The fourth-order valence-corrected chi connectivity index (χ4v) is 5.30. The molecule has 2 rings (SSSR count). The van der Waals surface area contributed by atoms with Gasteiger partial charge in [-0.2, -0.15) is 4.31 Å². The molecule has 1 N–H and O–H groups in total. The molecule has 1 aliphatic heterocycles. The molecule has 21 heavy (non-hydrogen) atoms. The van der Waals surface area contributed by atoms with Gasteiger partial charge < -0.3 is 5.32 Å². The number of hydrogen-bond acceptors (Lipinski definition) is 3. The molecule has 1 saturated heterocycles. The average molecular weight is 331 g/mol. The average Bonchev–Trinajstić information content (AvgIpc) is 2.83. The molecule has 118 valence electrons. The first kappa shape index (κ1) is 16.7. The summed E-state index contributed by atoms with van der Waals surface area (Å²) in [6, 6.07) is 5.16. The molecule has 1 aliphatic rings. The van der Waals surface area contributed by atoms with E-state index in [2.05, 4.69) is 5.32 Å². The number of sulfonamides is 1. The van der Waals surface area contributed by atoms with Crippen LogP contribution in [-0.4, -0.2) is 31.9 Å². The molecule has 6 heteroatoms. The molecule has 1 aromatic rings. The van der Waals surface area contributed by atoms with Gasteiger partial charge in [0, 0.05) is 23.7 Å². The highest BCUT2D eigenvalue weighted by Gasteiger charge is 2.39. The zero-order valence-corrected chi connectivity index (χ0v) is 14.3. The number of nitrogens with one attached hydrogen (secondary N) is 1. The lowest BCUT2D eigenvalue weighted by atomic mass is 10.2. The van der Waals surface area contributed by atoms with Crippen molar-refractivity contribution < 1.29 is 8.42 Å². The highest BCUT2D eigenvalue weighted by molar-refractivity contribution is 7.89. The number of halogens is 1. The zero-order valence-electron chi connectivity index (χ0n) is 12.8. The summed E-state index contributed by atoms with van der Waals surface area (Å²) < 4.78 is 27.4. The predicted molar refractivity (Wildman–Crippen MR) is 86.0 cm³/mol. The van der Waals surface area contributed by atoms with Gasteiger partial charge in [0.25, 0.3) is 0 Å². The van der Waals surface area contributed by atoms with Crippen LogP contribution in [0.15, 0.2) is 23.1 Å². The van der Waals surface area contributed by atoms with Gasteiger partial charge in [-0.3, -0.25) is 0 Å². The molecule has 0 saturated carbocycles. The normalized spacial score (nSPS) is 23.6. The second-order valence-corrected chi connectivity index (χ2v) is 7.86. The third-order valence-corrected chi connectivity index (χ3v) is 6.57. The summed E-state index contributed by atoms with van der Waals surface area (Å²) in [6.07, 6.45) is 2.70. The van der Waals surface area contributed by atoms with E-state index < -0.39 is 10.0 Å². The van der Waals surface area contributed by atoms with E-state index in [4.69, 9.17) is 11.6 Å². The van der Waals surface area contributed by atoms with Crippen LogP contribution in [0, 0.1) is 0 Å². The summed E-state index contributed by atoms with van der Waals surface area (Å²) in [7, 11) is -1.64. The van der Waals surface area contributed by atoms with Crippen molar-refractivity contribution in [2.24, 2.45) is 0 Å². The van der Waals surface area contributed by atoms with Crippen LogP contribution in [0.2, 0.25) is 5.02 Å². The number of benzene rings is 1. The van der Waals surface area contributed by atoms with Crippen molar-refractivity contribution in [2.75, 3.05) is 7.05 Å². The summed E-state index contributed by atoms with van der Waals surface area (Å²) in [6.45, 7) is 4.63. The minimum absolute atomic E-state index is 0.0516. The summed E-state index contributed by atoms with van der Waals surface area (Å²) in [4.78, 5) is 0.291. The van der Waals surface area contributed by atoms with Crippen LogP contribution in [0.5, 0.6) is 0 Å². The molecule has 4 nitrogen and oxygen atoms in total. The largest absolute Gasteiger partial charge is 0.316 e. The third-order valence-electron chi connectivity index (χ3n) is 4.15. The molecule has 1 heterocycles. The highest BCUT2D eigenvalue weighted by atomic mass is 35.5. The van der Waals surface area contributed by atoms with Gasteiger partial charge in [-0.25, -0.2) is 8.42 Å². The van der Waals surface area contributed by atoms with Crippen LogP contribution < -0.4 is 5.32 Å². The quantitative estimate of drug-likeness (QED) is 0.902. The maximum absolute atomic E-state index is 12.9. The molecule has 0 bridgehead atoms. The van der Waals surface area contributed by atoms with Crippen LogP contribution in [-0.2, 0) is 16.6 Å². The van der Waals surface area contributed by atoms with Gasteiger partial charge in [0.15, 0.2) is 0 Å². The van der Waals surface area contributed by atoms with E-state index in [1.807, 2.05) is 20.9 Å². The Morgan fingerprint density at radius 3 is 2.67 bits per heavy atom. The van der Waals surface area contributed by atoms with Crippen molar-refractivity contribution in [1.82, 2.24) is 9.62 Å². The molecule has 2 atom stereocenters. The van der Waals surface area contributed by atoms with Crippen molar-refractivity contribution >= 4 is 21.6 Å². The van der Waals surface area contributed by atoms with E-state index >= 15 is 0 Å². The van der Waals surface area contributed by atoms with E-state index in [0.717, 1.165) is 24.8 Å². The van der Waals surface area contributed by atoms with Crippen molar-refractivity contribution in [1.29, 1.82) is 0 Å². The Morgan fingerprint density at radius 2 is 2.10 bits per heavy atom. The number of hydrogen-bond donors (Lipinski definition) is 1. The van der Waals surface area contributed by atoms with Gasteiger partial charge in [-0.15, -0.1) is 0 Å². The topological polar surface area (TPSA) is 49.4 Å². The van der Waals surface area contributed by atoms with Crippen molar-refractivity contribution in [3.05, 3.63) is 28.8 Å². The van der Waals surface area contributed by atoms with Crippen LogP contribution in [0.25, 0.3) is 0 Å². The molecule has 1 aromatic carbocycles. The van der Waals surface area contributed by atoms with Crippen LogP contribution >= 0.6 is 11.6 Å². The Balaban J connectivity index is 2.37. The lowest BCUT2D eigenvalue weighted by Gasteiger charge is -2.27. The van der Waals surface area contributed by atoms with Gasteiger partial charge >= 0.3 is 0 Å². The SMILES string of the molecule is CCC1CCC(C)N1S(=O)(=O)c1ccc(CNC)c(Cl)c1. The van der Waals surface area contributed by atoms with E-state index in [9.17, 15) is 8.42 Å². The van der Waals surface area contributed by atoms with E-state index in [1.54, 1.807) is 22.5 Å². The highest BCUT2D eigenvalue weighted by Crippen LogP contribution is 2.33. The number of rotatable bonds is 5. The minimum Gasteiger partial charge on any atom is -0.316 e. The van der Waals surface area contributed by atoms with Crippen molar-refractivity contribution in [3.8, 4) is 0 Å². The smallest absolute Gasteiger partial charge is 0.243 e. The first-order chi connectivity index (χ1) is 9.91. The summed E-state index contributed by atoms with van der Waals surface area (Å²) in [5.74, 6) is 0. The first-order valence-electron chi connectivity index (χ1n) is 7.38. The van der Waals surface area contributed by atoms with Crippen LogP contribution in [0.3, 0.4) is 0 Å². The van der Waals surface area contributed by atoms with Crippen molar-refractivity contribution in [3.63, 3.8) is 0 Å². The lowest BCUT2D eigenvalue weighted by Crippen LogP contribution is -2.39. The summed E-state index contributed by atoms with van der Waals surface area (Å²) in [5, 5.41) is 3.51. The summed E-state index contributed by atoms with van der Waals surface area (Å²) >= 11 is 6.20.